The Morgan fingerprint density at radius 1 is 1.39 bits per heavy atom. The van der Waals surface area contributed by atoms with Crippen molar-refractivity contribution in [2.45, 2.75) is 30.4 Å². The minimum atomic E-state index is -3.31. The van der Waals surface area contributed by atoms with Gasteiger partial charge in [0, 0.05) is 16.8 Å². The molecule has 0 spiro atoms. The van der Waals surface area contributed by atoms with Gasteiger partial charge in [-0.2, -0.15) is 0 Å². The van der Waals surface area contributed by atoms with Crippen LogP contribution in [0.5, 0.6) is 0 Å². The second-order valence-corrected chi connectivity index (χ2v) is 8.75. The average molecular weight is 352 g/mol. The molecule has 1 fully saturated rings. The molecule has 2 rings (SSSR count). The highest BCUT2D eigenvalue weighted by atomic mass is 79.9. The third-order valence-corrected chi connectivity index (χ3v) is 7.28. The number of nitrogens with one attached hydrogen (secondary N) is 1. The third kappa shape index (κ3) is 3.35. The van der Waals surface area contributed by atoms with Crippen molar-refractivity contribution in [3.63, 3.8) is 0 Å². The Morgan fingerprint density at radius 3 is 2.72 bits per heavy atom. The van der Waals surface area contributed by atoms with Crippen molar-refractivity contribution in [2.24, 2.45) is 11.8 Å². The summed E-state index contributed by atoms with van der Waals surface area (Å²) in [4.78, 5) is 1.02. The smallest absolute Gasteiger partial charge is 0.210 e. The Morgan fingerprint density at radius 2 is 2.11 bits per heavy atom. The highest BCUT2D eigenvalue weighted by Gasteiger charge is 2.28. The Kier molecular flexibility index (Phi) is 4.86. The van der Waals surface area contributed by atoms with Crippen molar-refractivity contribution < 1.29 is 8.42 Å². The number of rotatable bonds is 5. The molecule has 1 aromatic heterocycles. The lowest BCUT2D eigenvalue weighted by Gasteiger charge is -2.17. The van der Waals surface area contributed by atoms with Crippen molar-refractivity contribution >= 4 is 37.3 Å². The number of thiophene rings is 1. The van der Waals surface area contributed by atoms with Gasteiger partial charge in [-0.1, -0.05) is 22.4 Å². The van der Waals surface area contributed by atoms with Crippen LogP contribution in [0.4, 0.5) is 0 Å². The Bertz CT molecular complexity index is 498. The number of sulfonamides is 1. The van der Waals surface area contributed by atoms with Gasteiger partial charge in [-0.15, -0.1) is 11.3 Å². The van der Waals surface area contributed by atoms with Crippen molar-refractivity contribution in [3.05, 3.63) is 17.0 Å². The molecule has 0 aliphatic heterocycles. The highest BCUT2D eigenvalue weighted by Crippen LogP contribution is 2.32. The zero-order valence-corrected chi connectivity index (χ0v) is 13.6. The molecule has 0 saturated heterocycles. The van der Waals surface area contributed by atoms with Crippen molar-refractivity contribution in [1.82, 2.24) is 4.72 Å². The molecule has 1 heterocycles. The van der Waals surface area contributed by atoms with Gasteiger partial charge in [0.15, 0.2) is 0 Å². The Labute approximate surface area is 121 Å². The number of hydrogen-bond acceptors (Lipinski definition) is 3. The maximum absolute atomic E-state index is 12.1. The van der Waals surface area contributed by atoms with E-state index in [0.29, 0.717) is 22.6 Å². The molecule has 0 aromatic carbocycles. The van der Waals surface area contributed by atoms with E-state index in [1.807, 2.05) is 13.0 Å². The topological polar surface area (TPSA) is 46.2 Å². The Hall–Kier alpha value is 0.0900. The number of halogens is 1. The van der Waals surface area contributed by atoms with Gasteiger partial charge in [0.2, 0.25) is 10.0 Å². The van der Waals surface area contributed by atoms with Crippen LogP contribution in [0.15, 0.2) is 16.3 Å². The largest absolute Gasteiger partial charge is 0.250 e. The lowest BCUT2D eigenvalue weighted by molar-refractivity contribution is 0.422. The van der Waals surface area contributed by atoms with Gasteiger partial charge >= 0.3 is 0 Å². The monoisotopic (exact) mass is 351 g/mol. The standard InChI is InChI=1S/C12H18BrNO2S2/c1-9-5-6-12(17-9)18(15,16)14-8-11-4-2-3-10(11)7-13/h5-6,10-11,14H,2-4,7-8H2,1H3. The quantitative estimate of drug-likeness (QED) is 0.828. The normalized spacial score (nSPS) is 24.6. The third-order valence-electron chi connectivity index (χ3n) is 3.53. The van der Waals surface area contributed by atoms with Crippen LogP contribution in [-0.2, 0) is 10.0 Å². The fraction of sp³-hybridized carbons (Fsp3) is 0.667. The summed E-state index contributed by atoms with van der Waals surface area (Å²) in [5.41, 5.74) is 0. The summed E-state index contributed by atoms with van der Waals surface area (Å²) in [6, 6.07) is 3.52. The van der Waals surface area contributed by atoms with E-state index in [0.717, 1.165) is 16.6 Å². The summed E-state index contributed by atoms with van der Waals surface area (Å²) >= 11 is 4.83. The Balaban J connectivity index is 1.97. The number of alkyl halides is 1. The molecular weight excluding hydrogens is 334 g/mol. The molecule has 0 bridgehead atoms. The van der Waals surface area contributed by atoms with E-state index in [1.165, 1.54) is 24.2 Å². The molecule has 102 valence electrons. The molecule has 1 N–H and O–H groups in total. The second-order valence-electron chi connectivity index (χ2n) is 4.82. The summed E-state index contributed by atoms with van der Waals surface area (Å²) in [5, 5.41) is 0.970. The SMILES string of the molecule is Cc1ccc(S(=O)(=O)NCC2CCCC2CBr)s1. The first-order valence-corrected chi connectivity index (χ1v) is 9.57. The van der Waals surface area contributed by atoms with Gasteiger partial charge in [-0.3, -0.25) is 0 Å². The zero-order chi connectivity index (χ0) is 13.2. The first-order chi connectivity index (χ1) is 8.53. The molecule has 1 saturated carbocycles. The van der Waals surface area contributed by atoms with E-state index in [4.69, 9.17) is 0 Å². The zero-order valence-electron chi connectivity index (χ0n) is 10.4. The van der Waals surface area contributed by atoms with Crippen LogP contribution in [0.1, 0.15) is 24.1 Å². The van der Waals surface area contributed by atoms with Crippen LogP contribution < -0.4 is 4.72 Å². The summed E-state index contributed by atoms with van der Waals surface area (Å²) in [6.07, 6.45) is 3.54. The number of hydrogen-bond donors (Lipinski definition) is 1. The van der Waals surface area contributed by atoms with Gasteiger partial charge in [-0.25, -0.2) is 13.1 Å². The summed E-state index contributed by atoms with van der Waals surface area (Å²) in [5.74, 6) is 1.08. The molecule has 18 heavy (non-hydrogen) atoms. The van der Waals surface area contributed by atoms with Crippen molar-refractivity contribution in [1.29, 1.82) is 0 Å². The van der Waals surface area contributed by atoms with Crippen LogP contribution in [-0.4, -0.2) is 20.3 Å². The molecule has 1 aliphatic carbocycles. The molecule has 2 unspecified atom stereocenters. The highest BCUT2D eigenvalue weighted by molar-refractivity contribution is 9.09. The van der Waals surface area contributed by atoms with Crippen molar-refractivity contribution in [3.8, 4) is 0 Å². The first-order valence-electron chi connectivity index (χ1n) is 6.15. The molecular formula is C12H18BrNO2S2. The van der Waals surface area contributed by atoms with Crippen molar-refractivity contribution in [2.75, 3.05) is 11.9 Å². The first kappa shape index (κ1) is 14.5. The van der Waals surface area contributed by atoms with Crippen LogP contribution in [0.3, 0.4) is 0 Å². The maximum atomic E-state index is 12.1. The number of aryl methyl sites for hydroxylation is 1. The maximum Gasteiger partial charge on any atom is 0.250 e. The second kappa shape index (κ2) is 6.03. The lowest BCUT2D eigenvalue weighted by Crippen LogP contribution is -2.30. The van der Waals surface area contributed by atoms with E-state index in [-0.39, 0.29) is 0 Å². The van der Waals surface area contributed by atoms with Crippen LogP contribution in [0.2, 0.25) is 0 Å². The summed E-state index contributed by atoms with van der Waals surface area (Å²) in [7, 11) is -3.31. The minimum Gasteiger partial charge on any atom is -0.210 e. The predicted molar refractivity (Wildman–Crippen MR) is 78.9 cm³/mol. The predicted octanol–water partition coefficient (Wildman–Crippen LogP) is 3.15. The van der Waals surface area contributed by atoms with Crippen LogP contribution in [0, 0.1) is 18.8 Å². The fourth-order valence-corrected chi connectivity index (χ4v) is 5.70. The molecule has 3 nitrogen and oxygen atoms in total. The lowest BCUT2D eigenvalue weighted by atomic mass is 9.99. The summed E-state index contributed by atoms with van der Waals surface area (Å²) in [6.45, 7) is 2.48. The average Bonchev–Trinajstić information content (AvgIpc) is 2.94. The molecule has 1 aliphatic rings. The fourth-order valence-electron chi connectivity index (χ4n) is 2.43. The van der Waals surface area contributed by atoms with Gasteiger partial charge in [0.25, 0.3) is 0 Å². The van der Waals surface area contributed by atoms with Gasteiger partial charge in [-0.05, 0) is 43.7 Å². The molecule has 2 atom stereocenters. The van der Waals surface area contributed by atoms with E-state index in [1.54, 1.807) is 6.07 Å². The molecule has 1 aromatic rings. The van der Waals surface area contributed by atoms with E-state index in [2.05, 4.69) is 20.7 Å². The minimum absolute atomic E-state index is 0.424. The molecule has 6 heteroatoms. The van der Waals surface area contributed by atoms with E-state index < -0.39 is 10.0 Å². The van der Waals surface area contributed by atoms with Gasteiger partial charge < -0.3 is 0 Å². The van der Waals surface area contributed by atoms with E-state index in [9.17, 15) is 8.42 Å². The van der Waals surface area contributed by atoms with Crippen LogP contribution in [0.25, 0.3) is 0 Å². The van der Waals surface area contributed by atoms with Gasteiger partial charge in [0.1, 0.15) is 4.21 Å². The van der Waals surface area contributed by atoms with E-state index >= 15 is 0 Å². The van der Waals surface area contributed by atoms with Gasteiger partial charge in [0.05, 0.1) is 0 Å². The molecule has 0 amide bonds. The molecule has 0 radical (unpaired) electrons. The van der Waals surface area contributed by atoms with Crippen LogP contribution >= 0.6 is 27.3 Å². The summed E-state index contributed by atoms with van der Waals surface area (Å²) < 4.78 is 27.4.